The molecular weight excluding hydrogens is 184 g/mol. The fourth-order valence-corrected chi connectivity index (χ4v) is 1.96. The largest absolute Gasteiger partial charge is 0.371 e. The first kappa shape index (κ1) is 10.2. The van der Waals surface area contributed by atoms with Crippen LogP contribution in [0.5, 0.6) is 0 Å². The zero-order valence-corrected chi connectivity index (χ0v) is 9.24. The molecule has 0 bridgehead atoms. The molecule has 0 saturated heterocycles. The Bertz CT molecular complexity index is 330. The van der Waals surface area contributed by atoms with Crippen molar-refractivity contribution in [1.82, 2.24) is 5.32 Å². The zero-order valence-electron chi connectivity index (χ0n) is 9.24. The van der Waals surface area contributed by atoms with Gasteiger partial charge in [-0.15, -0.1) is 0 Å². The Labute approximate surface area is 91.4 Å². The molecule has 0 radical (unpaired) electrons. The summed E-state index contributed by atoms with van der Waals surface area (Å²) < 4.78 is 0. The lowest BCUT2D eigenvalue weighted by Gasteiger charge is -2.14. The summed E-state index contributed by atoms with van der Waals surface area (Å²) in [6.07, 6.45) is 3.40. The smallest absolute Gasteiger partial charge is 0.0965 e. The normalized spacial score (nSPS) is 17.3. The molecule has 1 unspecified atom stereocenters. The molecule has 1 atom stereocenters. The van der Waals surface area contributed by atoms with Crippen LogP contribution in [0.2, 0.25) is 0 Å². The molecule has 1 N–H and O–H groups in total. The second-order valence-electron chi connectivity index (χ2n) is 4.17. The number of nitrogens with one attached hydrogen (secondary N) is 1. The minimum atomic E-state index is 0.476. The Balaban J connectivity index is 1.84. The Morgan fingerprint density at radius 2 is 2.13 bits per heavy atom. The van der Waals surface area contributed by atoms with E-state index in [0.29, 0.717) is 6.04 Å². The van der Waals surface area contributed by atoms with Gasteiger partial charge in [0.15, 0.2) is 0 Å². The lowest BCUT2D eigenvalue weighted by molar-refractivity contribution is 0.655. The summed E-state index contributed by atoms with van der Waals surface area (Å²) in [7, 11) is 0. The van der Waals surface area contributed by atoms with Crippen LogP contribution in [0.3, 0.4) is 0 Å². The molecule has 1 aromatic carbocycles. The number of hydrogen-bond donors (Lipinski definition) is 1. The Morgan fingerprint density at radius 3 is 2.80 bits per heavy atom. The molecule has 2 nitrogen and oxygen atoms in total. The second kappa shape index (κ2) is 4.96. The summed E-state index contributed by atoms with van der Waals surface area (Å²) in [6.45, 7) is 3.22. The maximum Gasteiger partial charge on any atom is 0.0965 e. The van der Waals surface area contributed by atoms with Crippen LogP contribution in [0.1, 0.15) is 25.3 Å². The van der Waals surface area contributed by atoms with Crippen molar-refractivity contribution in [2.24, 2.45) is 4.99 Å². The minimum absolute atomic E-state index is 0.476. The maximum atomic E-state index is 4.42. The summed E-state index contributed by atoms with van der Waals surface area (Å²) in [5.41, 5.74) is 1.39. The number of benzene rings is 1. The highest BCUT2D eigenvalue weighted by molar-refractivity contribution is 5.83. The van der Waals surface area contributed by atoms with Crippen LogP contribution in [-0.2, 0) is 6.42 Å². The van der Waals surface area contributed by atoms with Crippen LogP contribution in [0.25, 0.3) is 0 Å². The minimum Gasteiger partial charge on any atom is -0.371 e. The molecule has 0 spiro atoms. The van der Waals surface area contributed by atoms with Crippen molar-refractivity contribution in [2.75, 3.05) is 6.54 Å². The van der Waals surface area contributed by atoms with Crippen molar-refractivity contribution in [3.05, 3.63) is 35.9 Å². The molecule has 15 heavy (non-hydrogen) atoms. The van der Waals surface area contributed by atoms with Crippen molar-refractivity contribution < 1.29 is 0 Å². The summed E-state index contributed by atoms with van der Waals surface area (Å²) in [5.74, 6) is 1.19. The maximum absolute atomic E-state index is 4.42. The van der Waals surface area contributed by atoms with Crippen molar-refractivity contribution in [3.63, 3.8) is 0 Å². The molecule has 1 aliphatic heterocycles. The average molecular weight is 202 g/mol. The van der Waals surface area contributed by atoms with Gasteiger partial charge in [-0.3, -0.25) is 4.99 Å². The molecule has 80 valence electrons. The summed E-state index contributed by atoms with van der Waals surface area (Å²) >= 11 is 0. The van der Waals surface area contributed by atoms with Gasteiger partial charge in [0, 0.05) is 19.0 Å². The van der Waals surface area contributed by atoms with Gasteiger partial charge in [-0.1, -0.05) is 30.3 Å². The molecule has 2 heteroatoms. The molecule has 0 aliphatic carbocycles. The Hall–Kier alpha value is -1.31. The van der Waals surface area contributed by atoms with E-state index in [9.17, 15) is 0 Å². The van der Waals surface area contributed by atoms with Crippen LogP contribution in [0, 0.1) is 0 Å². The first-order valence-corrected chi connectivity index (χ1v) is 5.68. The van der Waals surface area contributed by atoms with Crippen LogP contribution in [-0.4, -0.2) is 18.4 Å². The van der Waals surface area contributed by atoms with E-state index in [-0.39, 0.29) is 0 Å². The molecule has 0 saturated carbocycles. The van der Waals surface area contributed by atoms with E-state index >= 15 is 0 Å². The summed E-state index contributed by atoms with van der Waals surface area (Å²) in [5, 5.41) is 3.48. The lowest BCUT2D eigenvalue weighted by atomic mass is 10.1. The van der Waals surface area contributed by atoms with Gasteiger partial charge in [0.05, 0.1) is 5.84 Å². The quantitative estimate of drug-likeness (QED) is 0.799. The molecule has 1 aliphatic rings. The highest BCUT2D eigenvalue weighted by Crippen LogP contribution is 2.06. The van der Waals surface area contributed by atoms with Crippen molar-refractivity contribution in [3.8, 4) is 0 Å². The van der Waals surface area contributed by atoms with Crippen molar-refractivity contribution in [2.45, 2.75) is 32.2 Å². The van der Waals surface area contributed by atoms with E-state index in [1.54, 1.807) is 0 Å². The third-order valence-corrected chi connectivity index (χ3v) is 2.67. The lowest BCUT2D eigenvalue weighted by Crippen LogP contribution is -2.32. The first-order valence-electron chi connectivity index (χ1n) is 5.68. The van der Waals surface area contributed by atoms with Gasteiger partial charge < -0.3 is 5.32 Å². The fourth-order valence-electron chi connectivity index (χ4n) is 1.96. The van der Waals surface area contributed by atoms with Gasteiger partial charge >= 0.3 is 0 Å². The zero-order chi connectivity index (χ0) is 10.5. The molecule has 1 aromatic rings. The topological polar surface area (TPSA) is 24.4 Å². The van der Waals surface area contributed by atoms with Gasteiger partial charge in [-0.25, -0.2) is 0 Å². The van der Waals surface area contributed by atoms with Gasteiger partial charge in [-0.2, -0.15) is 0 Å². The standard InChI is InChI=1S/C13H18N2/c1-11(15-13-8-5-9-14-13)10-12-6-3-2-4-7-12/h2-4,6-7,11H,5,8-10H2,1H3,(H,14,15). The molecule has 0 aromatic heterocycles. The predicted octanol–water partition coefficient (Wildman–Crippen LogP) is 2.40. The number of rotatable bonds is 3. The SMILES string of the molecule is CC(Cc1ccccc1)NC1=NCCC1. The summed E-state index contributed by atoms with van der Waals surface area (Å²) in [6, 6.07) is 11.1. The van der Waals surface area contributed by atoms with Crippen LogP contribution in [0.4, 0.5) is 0 Å². The van der Waals surface area contributed by atoms with Crippen molar-refractivity contribution in [1.29, 1.82) is 0 Å². The van der Waals surface area contributed by atoms with E-state index in [1.807, 2.05) is 0 Å². The van der Waals surface area contributed by atoms with E-state index in [4.69, 9.17) is 0 Å². The van der Waals surface area contributed by atoms with Gasteiger partial charge in [0.25, 0.3) is 0 Å². The molecule has 0 fully saturated rings. The predicted molar refractivity (Wildman–Crippen MR) is 64.3 cm³/mol. The number of nitrogens with zero attached hydrogens (tertiary/aromatic N) is 1. The number of amidine groups is 1. The van der Waals surface area contributed by atoms with E-state index in [0.717, 1.165) is 19.4 Å². The third kappa shape index (κ3) is 3.08. The number of aliphatic imine (C=N–C) groups is 1. The highest BCUT2D eigenvalue weighted by atomic mass is 15.0. The molecular formula is C13H18N2. The summed E-state index contributed by atoms with van der Waals surface area (Å²) in [4.78, 5) is 4.42. The average Bonchev–Trinajstić information content (AvgIpc) is 2.71. The van der Waals surface area contributed by atoms with Gasteiger partial charge in [-0.05, 0) is 25.3 Å². The highest BCUT2D eigenvalue weighted by Gasteiger charge is 2.09. The van der Waals surface area contributed by atoms with Crippen molar-refractivity contribution >= 4 is 5.84 Å². The van der Waals surface area contributed by atoms with E-state index < -0.39 is 0 Å². The fraction of sp³-hybridized carbons (Fsp3) is 0.462. The van der Waals surface area contributed by atoms with Crippen LogP contribution >= 0.6 is 0 Å². The van der Waals surface area contributed by atoms with Crippen LogP contribution < -0.4 is 5.32 Å². The Morgan fingerprint density at radius 1 is 1.33 bits per heavy atom. The van der Waals surface area contributed by atoms with Gasteiger partial charge in [0.1, 0.15) is 0 Å². The Kier molecular flexibility index (Phi) is 3.38. The van der Waals surface area contributed by atoms with Crippen LogP contribution in [0.15, 0.2) is 35.3 Å². The second-order valence-corrected chi connectivity index (χ2v) is 4.17. The molecule has 1 heterocycles. The first-order chi connectivity index (χ1) is 7.34. The van der Waals surface area contributed by atoms with E-state index in [2.05, 4.69) is 47.6 Å². The molecule has 2 rings (SSSR count). The third-order valence-electron chi connectivity index (χ3n) is 2.67. The molecule has 0 amide bonds. The van der Waals surface area contributed by atoms with E-state index in [1.165, 1.54) is 17.8 Å². The monoisotopic (exact) mass is 202 g/mol. The van der Waals surface area contributed by atoms with Gasteiger partial charge in [0.2, 0.25) is 0 Å². The number of hydrogen-bond acceptors (Lipinski definition) is 2.